The lowest BCUT2D eigenvalue weighted by atomic mass is 9.64. The van der Waals surface area contributed by atoms with Crippen LogP contribution in [0.2, 0.25) is 0 Å². The van der Waals surface area contributed by atoms with Gasteiger partial charge in [0, 0.05) is 19.6 Å². The highest BCUT2D eigenvalue weighted by atomic mass is 16.5. The maximum Gasteiger partial charge on any atom is 0.321 e. The van der Waals surface area contributed by atoms with E-state index in [1.807, 2.05) is 60.7 Å². The molecule has 8 nitrogen and oxygen atoms in total. The Morgan fingerprint density at radius 3 is 2.45 bits per heavy atom. The number of nitriles is 1. The highest BCUT2D eigenvalue weighted by molar-refractivity contribution is 6.16. The Morgan fingerprint density at radius 2 is 1.80 bits per heavy atom. The number of hydrogen-bond donors (Lipinski definition) is 1. The molecule has 2 aliphatic rings. The molecule has 1 saturated heterocycles. The molecular formula is C32H34N3O5+. The average Bonchev–Trinajstić information content (AvgIpc) is 3.30. The molecule has 1 N–H and O–H groups in total. The quantitative estimate of drug-likeness (QED) is 0.202. The van der Waals surface area contributed by atoms with E-state index in [0.29, 0.717) is 29.2 Å². The predicted molar refractivity (Wildman–Crippen MR) is 149 cm³/mol. The zero-order valence-corrected chi connectivity index (χ0v) is 22.9. The number of fused-ring (bicyclic) bond motifs is 1. The predicted octanol–water partition coefficient (Wildman–Crippen LogP) is 3.62. The summed E-state index contributed by atoms with van der Waals surface area (Å²) in [5.41, 5.74) is 3.17. The van der Waals surface area contributed by atoms with Gasteiger partial charge in [-0.3, -0.25) is 14.9 Å². The fourth-order valence-corrected chi connectivity index (χ4v) is 6.00. The number of carbonyl (C=O) groups excluding carboxylic acids is 1. The standard InChI is InChI=1S/C32H34N3O5/c1-3-39-31(36)29-30(34(2)37)27-21-26(40-20-17-35-15-18-38-19-16-35)13-14-28(27)32(29,24-7-5-4-6-8-24)25-11-9-23(22-33)10-12-25/h4-14,21,29,37H,3,15-20H2,1-2H3/q+1/t29-,32-/m1/s1. The highest BCUT2D eigenvalue weighted by Crippen LogP contribution is 2.53. The van der Waals surface area contributed by atoms with Crippen LogP contribution in [0.4, 0.5) is 0 Å². The number of hydroxylamine groups is 1. The Bertz CT molecular complexity index is 1420. The second kappa shape index (κ2) is 11.9. The van der Waals surface area contributed by atoms with Crippen LogP contribution in [0.1, 0.15) is 34.7 Å². The second-order valence-corrected chi connectivity index (χ2v) is 9.97. The number of morpholine rings is 1. The molecule has 1 heterocycles. The Hall–Kier alpha value is -4.19. The van der Waals surface area contributed by atoms with Crippen molar-refractivity contribution in [2.75, 3.05) is 53.1 Å². The van der Waals surface area contributed by atoms with Crippen LogP contribution < -0.4 is 4.74 Å². The van der Waals surface area contributed by atoms with Crippen molar-refractivity contribution in [3.8, 4) is 11.8 Å². The van der Waals surface area contributed by atoms with Crippen molar-refractivity contribution in [3.05, 3.63) is 101 Å². The van der Waals surface area contributed by atoms with E-state index in [4.69, 9.17) is 14.2 Å². The number of esters is 1. The van der Waals surface area contributed by atoms with E-state index in [1.165, 1.54) is 7.05 Å². The van der Waals surface area contributed by atoms with Crippen molar-refractivity contribution in [2.45, 2.75) is 12.3 Å². The summed E-state index contributed by atoms with van der Waals surface area (Å²) in [4.78, 5) is 16.2. The molecule has 3 aromatic carbocycles. The monoisotopic (exact) mass is 540 g/mol. The van der Waals surface area contributed by atoms with E-state index in [-0.39, 0.29) is 6.61 Å². The SMILES string of the molecule is CCOC(=O)[C@H]1C(=[N+](C)O)c2cc(OCCN3CCOCC3)ccc2[C@@]1(c1ccccc1)c1ccc(C#N)cc1. The van der Waals surface area contributed by atoms with Gasteiger partial charge in [0.15, 0.2) is 13.0 Å². The van der Waals surface area contributed by atoms with Crippen molar-refractivity contribution < 1.29 is 29.0 Å². The summed E-state index contributed by atoms with van der Waals surface area (Å²) in [6.45, 7) is 6.47. The van der Waals surface area contributed by atoms with Gasteiger partial charge >= 0.3 is 5.97 Å². The van der Waals surface area contributed by atoms with Crippen molar-refractivity contribution >= 4 is 11.7 Å². The van der Waals surface area contributed by atoms with E-state index < -0.39 is 17.3 Å². The van der Waals surface area contributed by atoms with E-state index >= 15 is 0 Å². The molecule has 0 unspecified atom stereocenters. The third-order valence-corrected chi connectivity index (χ3v) is 7.75. The first kappa shape index (κ1) is 27.4. The number of hydrogen-bond acceptors (Lipinski definition) is 7. The molecule has 0 radical (unpaired) electrons. The maximum atomic E-state index is 13.9. The number of rotatable bonds is 8. The Morgan fingerprint density at radius 1 is 1.10 bits per heavy atom. The van der Waals surface area contributed by atoms with Crippen LogP contribution in [0, 0.1) is 17.2 Å². The van der Waals surface area contributed by atoms with Gasteiger partial charge in [-0.2, -0.15) is 5.26 Å². The van der Waals surface area contributed by atoms with Crippen LogP contribution in [0.25, 0.3) is 0 Å². The van der Waals surface area contributed by atoms with Crippen LogP contribution in [0.3, 0.4) is 0 Å². The molecule has 3 aromatic rings. The van der Waals surface area contributed by atoms with Gasteiger partial charge in [-0.25, -0.2) is 0 Å². The first-order valence-corrected chi connectivity index (χ1v) is 13.6. The van der Waals surface area contributed by atoms with E-state index in [1.54, 1.807) is 19.1 Å². The van der Waals surface area contributed by atoms with Gasteiger partial charge in [0.2, 0.25) is 5.71 Å². The molecule has 0 amide bonds. The molecule has 1 aliphatic heterocycles. The molecule has 1 aliphatic carbocycles. The zero-order chi connectivity index (χ0) is 28.1. The molecule has 2 atom stereocenters. The van der Waals surface area contributed by atoms with Crippen molar-refractivity contribution in [1.82, 2.24) is 4.90 Å². The Labute approximate surface area is 234 Å². The van der Waals surface area contributed by atoms with Gasteiger partial charge in [-0.05, 0) is 52.6 Å². The molecule has 0 aromatic heterocycles. The van der Waals surface area contributed by atoms with Gasteiger partial charge in [-0.1, -0.05) is 48.5 Å². The molecule has 5 rings (SSSR count). The lowest BCUT2D eigenvalue weighted by Crippen LogP contribution is -2.44. The maximum absolute atomic E-state index is 13.9. The smallest absolute Gasteiger partial charge is 0.321 e. The topological polar surface area (TPSA) is 95.0 Å². The fourth-order valence-electron chi connectivity index (χ4n) is 6.00. The van der Waals surface area contributed by atoms with Crippen molar-refractivity contribution in [3.63, 3.8) is 0 Å². The first-order chi connectivity index (χ1) is 19.5. The first-order valence-electron chi connectivity index (χ1n) is 13.6. The van der Waals surface area contributed by atoms with Gasteiger partial charge in [0.1, 0.15) is 12.4 Å². The van der Waals surface area contributed by atoms with Gasteiger partial charge in [0.25, 0.3) is 0 Å². The molecule has 40 heavy (non-hydrogen) atoms. The van der Waals surface area contributed by atoms with Gasteiger partial charge in [-0.15, -0.1) is 0 Å². The number of benzene rings is 3. The number of nitrogens with zero attached hydrogens (tertiary/aromatic N) is 3. The molecule has 0 saturated carbocycles. The van der Waals surface area contributed by atoms with Gasteiger partial charge < -0.3 is 14.2 Å². The summed E-state index contributed by atoms with van der Waals surface area (Å²) in [5, 5.41) is 20.5. The van der Waals surface area contributed by atoms with Crippen LogP contribution >= 0.6 is 0 Å². The highest BCUT2D eigenvalue weighted by Gasteiger charge is 2.61. The normalized spacial score (nSPS) is 21.8. The minimum Gasteiger partial charge on any atom is -0.492 e. The molecule has 0 bridgehead atoms. The van der Waals surface area contributed by atoms with E-state index in [2.05, 4.69) is 11.0 Å². The van der Waals surface area contributed by atoms with Gasteiger partial charge in [0.05, 0.1) is 42.4 Å². The van der Waals surface area contributed by atoms with Crippen LogP contribution in [0.5, 0.6) is 5.75 Å². The number of ether oxygens (including phenoxy) is 3. The molecule has 1 fully saturated rings. The zero-order valence-electron chi connectivity index (χ0n) is 22.9. The van der Waals surface area contributed by atoms with Crippen molar-refractivity contribution in [2.24, 2.45) is 5.92 Å². The Kier molecular flexibility index (Phi) is 8.15. The molecule has 8 heteroatoms. The third kappa shape index (κ3) is 4.94. The van der Waals surface area contributed by atoms with Crippen LogP contribution in [0.15, 0.2) is 72.8 Å². The summed E-state index contributed by atoms with van der Waals surface area (Å²) in [7, 11) is 1.52. The summed E-state index contributed by atoms with van der Waals surface area (Å²) in [6.07, 6.45) is 0. The average molecular weight is 541 g/mol. The molecular weight excluding hydrogens is 506 g/mol. The second-order valence-electron chi connectivity index (χ2n) is 9.97. The summed E-state index contributed by atoms with van der Waals surface area (Å²) in [5.74, 6) is -0.688. The largest absolute Gasteiger partial charge is 0.492 e. The summed E-state index contributed by atoms with van der Waals surface area (Å²) in [6, 6.07) is 25.0. The van der Waals surface area contributed by atoms with Crippen LogP contribution in [-0.2, 0) is 19.7 Å². The lowest BCUT2D eigenvalue weighted by Gasteiger charge is -2.35. The summed E-state index contributed by atoms with van der Waals surface area (Å²) >= 11 is 0. The fraction of sp³-hybridized carbons (Fsp3) is 0.344. The lowest BCUT2D eigenvalue weighted by molar-refractivity contribution is -0.755. The van der Waals surface area contributed by atoms with E-state index in [9.17, 15) is 15.3 Å². The Balaban J connectivity index is 1.67. The number of carbonyl (C=O) groups is 1. The molecule has 206 valence electrons. The summed E-state index contributed by atoms with van der Waals surface area (Å²) < 4.78 is 18.3. The van der Waals surface area contributed by atoms with Crippen LogP contribution in [-0.4, -0.2) is 79.6 Å². The van der Waals surface area contributed by atoms with E-state index in [0.717, 1.165) is 54.3 Å². The molecule has 0 spiro atoms. The van der Waals surface area contributed by atoms with Crippen molar-refractivity contribution in [1.29, 1.82) is 5.26 Å². The minimum atomic E-state index is -1.02. The minimum absolute atomic E-state index is 0.197. The third-order valence-electron chi connectivity index (χ3n) is 7.75.